The Bertz CT molecular complexity index is 3080. The Kier molecular flexibility index (Phi) is 9.17. The summed E-state index contributed by atoms with van der Waals surface area (Å²) in [6.45, 7) is 3.79. The molecule has 296 valence electrons. The maximum Gasteiger partial charge on any atom is 0.164 e. The molecule has 2 saturated carbocycles. The van der Waals surface area contributed by atoms with Gasteiger partial charge in [0.05, 0.1) is 0 Å². The molecule has 4 nitrogen and oxygen atoms in total. The lowest BCUT2D eigenvalue weighted by Crippen LogP contribution is -2.34. The number of benzene rings is 8. The number of aromatic nitrogens is 3. The molecule has 61 heavy (non-hydrogen) atoms. The number of rotatable bonds is 8. The minimum Gasteiger partial charge on any atom is -0.319 e. The van der Waals surface area contributed by atoms with Gasteiger partial charge >= 0.3 is 0 Å². The molecule has 0 saturated heterocycles. The van der Waals surface area contributed by atoms with Crippen LogP contribution in [0.3, 0.4) is 0 Å². The van der Waals surface area contributed by atoms with Crippen LogP contribution >= 0.6 is 7.14 Å². The second-order valence-electron chi connectivity index (χ2n) is 17.5. The highest BCUT2D eigenvalue weighted by molar-refractivity contribution is 7.71. The van der Waals surface area contributed by atoms with Gasteiger partial charge in [-0.05, 0) is 105 Å². The van der Waals surface area contributed by atoms with Gasteiger partial charge in [0.2, 0.25) is 0 Å². The topological polar surface area (TPSA) is 55.7 Å². The van der Waals surface area contributed by atoms with Crippen LogP contribution in [0, 0.1) is 11.8 Å². The molecular formula is C56H46N3OP. The lowest BCUT2D eigenvalue weighted by Gasteiger charge is -2.39. The first-order valence-electron chi connectivity index (χ1n) is 21.5. The fraction of sp³-hybridized carbons (Fsp3) is 0.161. The van der Waals surface area contributed by atoms with Crippen LogP contribution in [0.5, 0.6) is 0 Å². The van der Waals surface area contributed by atoms with Crippen molar-refractivity contribution in [1.29, 1.82) is 0 Å². The molecule has 5 heteroatoms. The predicted molar refractivity (Wildman–Crippen MR) is 254 cm³/mol. The van der Waals surface area contributed by atoms with Crippen LogP contribution in [0.1, 0.15) is 36.8 Å². The van der Waals surface area contributed by atoms with Gasteiger partial charge in [0.15, 0.2) is 17.5 Å². The van der Waals surface area contributed by atoms with Gasteiger partial charge in [0.25, 0.3) is 0 Å². The summed E-state index contributed by atoms with van der Waals surface area (Å²) in [7, 11) is -2.57. The molecule has 2 aliphatic rings. The molecule has 2 aliphatic carbocycles. The molecule has 0 N–H and O–H groups in total. The Morgan fingerprint density at radius 3 is 1.44 bits per heavy atom. The largest absolute Gasteiger partial charge is 0.319 e. The summed E-state index contributed by atoms with van der Waals surface area (Å²) >= 11 is 0. The van der Waals surface area contributed by atoms with E-state index in [0.717, 1.165) is 67.0 Å². The van der Waals surface area contributed by atoms with Crippen LogP contribution < -0.4 is 5.30 Å². The van der Waals surface area contributed by atoms with E-state index in [4.69, 9.17) is 15.0 Å². The highest BCUT2D eigenvalue weighted by atomic mass is 31.2. The van der Waals surface area contributed by atoms with E-state index in [9.17, 15) is 4.57 Å². The normalized spacial score (nSPS) is 18.5. The van der Waals surface area contributed by atoms with Crippen molar-refractivity contribution in [3.63, 3.8) is 0 Å². The van der Waals surface area contributed by atoms with Crippen LogP contribution in [-0.2, 0) is 9.98 Å². The molecule has 2 fully saturated rings. The van der Waals surface area contributed by atoms with Crippen molar-refractivity contribution in [3.05, 3.63) is 193 Å². The molecule has 3 unspecified atom stereocenters. The summed E-state index contributed by atoms with van der Waals surface area (Å²) in [5, 5.41) is 5.45. The first-order chi connectivity index (χ1) is 29.8. The van der Waals surface area contributed by atoms with Gasteiger partial charge in [-0.2, -0.15) is 0 Å². The first-order valence-corrected chi connectivity index (χ1v) is 24.1. The van der Waals surface area contributed by atoms with Crippen LogP contribution in [-0.4, -0.2) is 28.3 Å². The third-order valence-corrected chi connectivity index (χ3v) is 15.1. The van der Waals surface area contributed by atoms with Gasteiger partial charge < -0.3 is 4.57 Å². The number of hydrogen-bond donors (Lipinski definition) is 0. The molecule has 3 atom stereocenters. The highest BCUT2D eigenvalue weighted by Gasteiger charge is 2.52. The van der Waals surface area contributed by atoms with Gasteiger partial charge in [-0.25, -0.2) is 15.0 Å². The Labute approximate surface area is 357 Å². The minimum absolute atomic E-state index is 0.0671. The standard InChI is InChI=1S/C56H46N3OP/c1-61(2,60)52-49-22-11-9-20-47(49)51(48-21-10-12-23-50(48)52)39-25-30-44(31-26-39)56(36-37-24-29-46(56)34-37)45-32-27-41(28-33-45)54-57-53(40-16-7-4-8-17-40)58-55(59-54)43-19-13-18-42(35-43)38-14-5-3-6-15-38/h3-23,25-28,30-33,35,37,46H,24,29,34,36H2,1-2H3. The van der Waals surface area contributed by atoms with Gasteiger partial charge in [-0.1, -0.05) is 182 Å². The lowest BCUT2D eigenvalue weighted by atomic mass is 9.64. The van der Waals surface area contributed by atoms with Crippen molar-refractivity contribution < 1.29 is 4.57 Å². The Hall–Kier alpha value is -6.48. The van der Waals surface area contributed by atoms with E-state index in [0.29, 0.717) is 23.4 Å². The Morgan fingerprint density at radius 2 is 0.918 bits per heavy atom. The van der Waals surface area contributed by atoms with E-state index >= 15 is 0 Å². The van der Waals surface area contributed by atoms with Gasteiger partial charge in [0, 0.05) is 27.4 Å². The smallest absolute Gasteiger partial charge is 0.164 e. The van der Waals surface area contributed by atoms with Gasteiger partial charge in [-0.15, -0.1) is 0 Å². The number of fused-ring (bicyclic) bond motifs is 4. The van der Waals surface area contributed by atoms with Crippen molar-refractivity contribution in [3.8, 4) is 56.4 Å². The SMILES string of the molecule is CP(C)(=O)c1c2ccccc2c(-c2ccc(C3(c4ccc(-c5nc(-c6ccccc6)nc(-c6cccc(-c7ccccc7)c6)n5)cc4)CC4CCC3C4)cc2)c2ccccc12. The maximum atomic E-state index is 13.8. The zero-order valence-electron chi connectivity index (χ0n) is 34.5. The maximum absolute atomic E-state index is 13.8. The van der Waals surface area contributed by atoms with Crippen LogP contribution in [0.4, 0.5) is 0 Å². The predicted octanol–water partition coefficient (Wildman–Crippen LogP) is 13.9. The van der Waals surface area contributed by atoms with Crippen molar-refractivity contribution in [2.45, 2.75) is 31.1 Å². The van der Waals surface area contributed by atoms with Crippen molar-refractivity contribution in [2.75, 3.05) is 13.3 Å². The zero-order chi connectivity index (χ0) is 41.1. The third kappa shape index (κ3) is 6.53. The second kappa shape index (κ2) is 14.9. The third-order valence-electron chi connectivity index (χ3n) is 13.5. The Balaban J connectivity index is 0.993. The molecule has 0 spiro atoms. The summed E-state index contributed by atoms with van der Waals surface area (Å²) in [6, 6.07) is 64.8. The average Bonchev–Trinajstić information content (AvgIpc) is 3.94. The van der Waals surface area contributed by atoms with Crippen LogP contribution in [0.2, 0.25) is 0 Å². The van der Waals surface area contributed by atoms with E-state index in [2.05, 4.69) is 158 Å². The molecule has 8 aromatic carbocycles. The molecule has 9 aromatic rings. The van der Waals surface area contributed by atoms with E-state index in [1.807, 2.05) is 37.6 Å². The zero-order valence-corrected chi connectivity index (χ0v) is 35.4. The number of hydrogen-bond acceptors (Lipinski definition) is 4. The first kappa shape index (κ1) is 37.5. The molecule has 0 radical (unpaired) electrons. The Morgan fingerprint density at radius 1 is 0.459 bits per heavy atom. The quantitative estimate of drug-likeness (QED) is 0.113. The molecule has 1 aromatic heterocycles. The summed E-state index contributed by atoms with van der Waals surface area (Å²) in [5.74, 6) is 3.30. The van der Waals surface area contributed by atoms with Crippen molar-refractivity contribution in [2.24, 2.45) is 11.8 Å². The van der Waals surface area contributed by atoms with E-state index in [1.165, 1.54) is 41.5 Å². The van der Waals surface area contributed by atoms with Crippen LogP contribution in [0.25, 0.3) is 78.0 Å². The molecule has 11 rings (SSSR count). The summed E-state index contributed by atoms with van der Waals surface area (Å²) in [5.41, 5.74) is 10.3. The monoisotopic (exact) mass is 807 g/mol. The van der Waals surface area contributed by atoms with E-state index in [-0.39, 0.29) is 5.41 Å². The van der Waals surface area contributed by atoms with Gasteiger partial charge in [0.1, 0.15) is 7.14 Å². The van der Waals surface area contributed by atoms with E-state index < -0.39 is 7.14 Å². The highest BCUT2D eigenvalue weighted by Crippen LogP contribution is 2.60. The average molecular weight is 808 g/mol. The number of nitrogens with zero attached hydrogens (tertiary/aromatic N) is 3. The van der Waals surface area contributed by atoms with Crippen molar-refractivity contribution >= 4 is 34.0 Å². The summed E-state index contributed by atoms with van der Waals surface area (Å²) in [4.78, 5) is 15.3. The van der Waals surface area contributed by atoms with Gasteiger partial charge in [-0.3, -0.25) is 0 Å². The molecule has 0 aliphatic heterocycles. The fourth-order valence-electron chi connectivity index (χ4n) is 10.9. The summed E-state index contributed by atoms with van der Waals surface area (Å²) < 4.78 is 13.8. The molecule has 1 heterocycles. The fourth-order valence-corrected chi connectivity index (χ4v) is 12.4. The minimum atomic E-state index is -2.57. The summed E-state index contributed by atoms with van der Waals surface area (Å²) in [6.07, 6.45) is 4.99. The van der Waals surface area contributed by atoms with E-state index in [1.54, 1.807) is 0 Å². The van der Waals surface area contributed by atoms with Crippen molar-refractivity contribution in [1.82, 2.24) is 15.0 Å². The molecule has 0 amide bonds. The molecular weight excluding hydrogens is 762 g/mol. The second-order valence-corrected chi connectivity index (χ2v) is 20.6. The lowest BCUT2D eigenvalue weighted by molar-refractivity contribution is 0.320. The van der Waals surface area contributed by atoms with Crippen LogP contribution in [0.15, 0.2) is 182 Å². The molecule has 2 bridgehead atoms.